The molecule has 0 amide bonds. The molecule has 0 aliphatic rings. The van der Waals surface area contributed by atoms with Crippen molar-refractivity contribution in [3.8, 4) is 0 Å². The van der Waals surface area contributed by atoms with Crippen LogP contribution in [0.15, 0.2) is 85.1 Å². The van der Waals surface area contributed by atoms with Crippen LogP contribution in [0.2, 0.25) is 0 Å². The lowest BCUT2D eigenvalue weighted by molar-refractivity contribution is -0.167. The molecule has 0 aromatic rings. The molecule has 1 atom stereocenters. The molecule has 0 aromatic carbocycles. The average Bonchev–Trinajstić information content (AvgIpc) is 3.41. The van der Waals surface area contributed by atoms with Crippen molar-refractivity contribution in [1.29, 1.82) is 0 Å². The number of allylic oxidation sites excluding steroid dienone is 14. The van der Waals surface area contributed by atoms with Crippen molar-refractivity contribution in [2.24, 2.45) is 0 Å². The molecule has 0 heterocycles. The third-order valence-corrected chi connectivity index (χ3v) is 13.9. The molecule has 0 N–H and O–H groups in total. The fourth-order valence-electron chi connectivity index (χ4n) is 9.09. The maximum absolute atomic E-state index is 12.8. The van der Waals surface area contributed by atoms with E-state index >= 15 is 0 Å². The molecule has 0 aliphatic heterocycles. The van der Waals surface area contributed by atoms with Gasteiger partial charge in [0.2, 0.25) is 0 Å². The van der Waals surface area contributed by atoms with Crippen LogP contribution in [0.3, 0.4) is 0 Å². The van der Waals surface area contributed by atoms with Crippen LogP contribution >= 0.6 is 0 Å². The van der Waals surface area contributed by atoms with Crippen LogP contribution in [-0.4, -0.2) is 37.2 Å². The van der Waals surface area contributed by atoms with Gasteiger partial charge in [-0.25, -0.2) is 0 Å². The molecule has 0 aromatic heterocycles. The van der Waals surface area contributed by atoms with Crippen LogP contribution in [0.4, 0.5) is 0 Å². The first kappa shape index (κ1) is 71.6. The summed E-state index contributed by atoms with van der Waals surface area (Å²) >= 11 is 0. The van der Waals surface area contributed by atoms with Gasteiger partial charge in [-0.1, -0.05) is 286 Å². The zero-order chi connectivity index (χ0) is 54.3. The van der Waals surface area contributed by atoms with E-state index in [1.807, 2.05) is 0 Å². The van der Waals surface area contributed by atoms with Gasteiger partial charge in [-0.2, -0.15) is 0 Å². The summed E-state index contributed by atoms with van der Waals surface area (Å²) in [6.07, 6.45) is 83.6. The van der Waals surface area contributed by atoms with Crippen LogP contribution in [0.25, 0.3) is 0 Å². The van der Waals surface area contributed by atoms with E-state index in [-0.39, 0.29) is 31.1 Å². The summed E-state index contributed by atoms with van der Waals surface area (Å²) in [7, 11) is 0. The molecular formula is C69H120O6. The summed E-state index contributed by atoms with van der Waals surface area (Å²) in [5, 5.41) is 0. The van der Waals surface area contributed by atoms with Crippen LogP contribution in [0, 0.1) is 0 Å². The zero-order valence-corrected chi connectivity index (χ0v) is 49.6. The van der Waals surface area contributed by atoms with E-state index in [4.69, 9.17) is 14.2 Å². The normalized spacial score (nSPS) is 12.6. The van der Waals surface area contributed by atoms with Crippen molar-refractivity contribution in [1.82, 2.24) is 0 Å². The molecule has 6 nitrogen and oxygen atoms in total. The number of carbonyl (C=O) groups excluding carboxylic acids is 3. The van der Waals surface area contributed by atoms with E-state index in [0.29, 0.717) is 19.3 Å². The Morgan fingerprint density at radius 1 is 0.280 bits per heavy atom. The third-order valence-electron chi connectivity index (χ3n) is 13.9. The average molecular weight is 1050 g/mol. The largest absolute Gasteiger partial charge is 0.462 e. The van der Waals surface area contributed by atoms with Gasteiger partial charge in [0, 0.05) is 19.3 Å². The van der Waals surface area contributed by atoms with Crippen molar-refractivity contribution < 1.29 is 28.6 Å². The Kier molecular flexibility index (Phi) is 60.3. The lowest BCUT2D eigenvalue weighted by Gasteiger charge is -2.18. The number of esters is 3. The van der Waals surface area contributed by atoms with Gasteiger partial charge in [-0.3, -0.25) is 14.4 Å². The first-order valence-electron chi connectivity index (χ1n) is 32.1. The lowest BCUT2D eigenvalue weighted by Crippen LogP contribution is -2.30. The second-order valence-corrected chi connectivity index (χ2v) is 21.3. The van der Waals surface area contributed by atoms with Crippen molar-refractivity contribution in [3.63, 3.8) is 0 Å². The third kappa shape index (κ3) is 61.3. The van der Waals surface area contributed by atoms with E-state index in [0.717, 1.165) is 109 Å². The summed E-state index contributed by atoms with van der Waals surface area (Å²) in [4.78, 5) is 37.9. The highest BCUT2D eigenvalue weighted by Crippen LogP contribution is 2.17. The second-order valence-electron chi connectivity index (χ2n) is 21.3. The predicted octanol–water partition coefficient (Wildman–Crippen LogP) is 21.9. The monoisotopic (exact) mass is 1040 g/mol. The smallest absolute Gasteiger partial charge is 0.306 e. The van der Waals surface area contributed by atoms with Crippen molar-refractivity contribution in [2.75, 3.05) is 13.2 Å². The molecule has 1 unspecified atom stereocenters. The molecule has 75 heavy (non-hydrogen) atoms. The highest BCUT2D eigenvalue weighted by atomic mass is 16.6. The predicted molar refractivity (Wildman–Crippen MR) is 325 cm³/mol. The van der Waals surface area contributed by atoms with E-state index in [1.54, 1.807) is 0 Å². The summed E-state index contributed by atoms with van der Waals surface area (Å²) in [6.45, 7) is 6.46. The maximum atomic E-state index is 12.8. The van der Waals surface area contributed by atoms with E-state index < -0.39 is 6.10 Å². The summed E-state index contributed by atoms with van der Waals surface area (Å²) in [6, 6.07) is 0. The van der Waals surface area contributed by atoms with Gasteiger partial charge >= 0.3 is 17.9 Å². The molecular weight excluding hydrogens is 925 g/mol. The Hall–Kier alpha value is -3.41. The van der Waals surface area contributed by atoms with Crippen LogP contribution in [-0.2, 0) is 28.6 Å². The van der Waals surface area contributed by atoms with Crippen LogP contribution in [0.5, 0.6) is 0 Å². The van der Waals surface area contributed by atoms with Gasteiger partial charge in [0.25, 0.3) is 0 Å². The van der Waals surface area contributed by atoms with Gasteiger partial charge in [0.1, 0.15) is 13.2 Å². The zero-order valence-electron chi connectivity index (χ0n) is 49.6. The number of rotatable bonds is 58. The number of carbonyl (C=O) groups is 3. The van der Waals surface area contributed by atoms with Crippen LogP contribution in [0.1, 0.15) is 316 Å². The topological polar surface area (TPSA) is 78.9 Å². The first-order valence-corrected chi connectivity index (χ1v) is 32.1. The number of hydrogen-bond acceptors (Lipinski definition) is 6. The molecule has 0 aliphatic carbocycles. The molecule has 0 spiro atoms. The standard InChI is InChI=1S/C69H120O6/c1-4-7-10-13-15-17-19-21-23-25-27-29-31-33-34-36-37-39-41-43-45-47-49-51-53-56-59-62-68(71)74-65-66(64-73-67(70)61-58-55-12-9-6-3)75-69(72)63-60-57-54-52-50-48-46-44-42-40-38-35-32-30-28-26-24-22-20-18-16-14-11-8-5-2/h8,11,16,18-19,21-22,24-25,27-28,30,35,38,66H,4-7,9-10,12-15,17,20,23,26,29,31-34,36-37,39-65H2,1-3H3/b11-8-,18-16-,21-19-,24-22-,27-25-,30-28-,38-35-. The fraction of sp³-hybridized carbons (Fsp3) is 0.754. The molecule has 0 fully saturated rings. The Morgan fingerprint density at radius 2 is 0.520 bits per heavy atom. The highest BCUT2D eigenvalue weighted by Gasteiger charge is 2.19. The Morgan fingerprint density at radius 3 is 0.813 bits per heavy atom. The quantitative estimate of drug-likeness (QED) is 0.0261. The minimum atomic E-state index is -0.776. The summed E-state index contributed by atoms with van der Waals surface area (Å²) in [5.41, 5.74) is 0. The number of ether oxygens (including phenoxy) is 3. The molecule has 0 saturated carbocycles. The van der Waals surface area contributed by atoms with E-state index in [1.165, 1.54) is 167 Å². The van der Waals surface area contributed by atoms with Crippen molar-refractivity contribution >= 4 is 17.9 Å². The minimum Gasteiger partial charge on any atom is -0.462 e. The number of unbranched alkanes of at least 4 members (excludes halogenated alkanes) is 33. The molecule has 0 saturated heterocycles. The minimum absolute atomic E-state index is 0.0771. The fourth-order valence-corrected chi connectivity index (χ4v) is 9.09. The van der Waals surface area contributed by atoms with Gasteiger partial charge in [-0.15, -0.1) is 0 Å². The molecule has 0 bridgehead atoms. The molecule has 432 valence electrons. The van der Waals surface area contributed by atoms with Crippen molar-refractivity contribution in [2.45, 2.75) is 322 Å². The van der Waals surface area contributed by atoms with E-state index in [9.17, 15) is 14.4 Å². The lowest BCUT2D eigenvalue weighted by atomic mass is 10.0. The second kappa shape index (κ2) is 63.1. The SMILES string of the molecule is CC/C=C\C/C=C\C/C=C\C/C=C\C/C=C\CCCCCCCCCCCC(=O)OC(COC(=O)CCCCCCC)COC(=O)CCCCCCCCCCCCCCCCC/C=C\C/C=C\CCCCCCC. The summed E-state index contributed by atoms with van der Waals surface area (Å²) < 4.78 is 16.8. The van der Waals surface area contributed by atoms with E-state index in [2.05, 4.69) is 106 Å². The van der Waals surface area contributed by atoms with Gasteiger partial charge < -0.3 is 14.2 Å². The molecule has 0 radical (unpaired) electrons. The van der Waals surface area contributed by atoms with Gasteiger partial charge in [0.15, 0.2) is 6.10 Å². The van der Waals surface area contributed by atoms with Gasteiger partial charge in [-0.05, 0) is 96.3 Å². The van der Waals surface area contributed by atoms with Crippen molar-refractivity contribution in [3.05, 3.63) is 85.1 Å². The van der Waals surface area contributed by atoms with Crippen LogP contribution < -0.4 is 0 Å². The Labute approximate surface area is 465 Å². The highest BCUT2D eigenvalue weighted by molar-refractivity contribution is 5.71. The Balaban J connectivity index is 4.04. The number of hydrogen-bond donors (Lipinski definition) is 0. The molecule has 0 rings (SSSR count). The maximum Gasteiger partial charge on any atom is 0.306 e. The van der Waals surface area contributed by atoms with Gasteiger partial charge in [0.05, 0.1) is 0 Å². The first-order chi connectivity index (χ1) is 37.0. The summed E-state index contributed by atoms with van der Waals surface area (Å²) in [5.74, 6) is -0.887. The molecule has 6 heteroatoms. The Bertz CT molecular complexity index is 1430.